The summed E-state index contributed by atoms with van der Waals surface area (Å²) < 4.78 is 45.4. The minimum Gasteiger partial charge on any atom is -0.372 e. The molecule has 0 spiro atoms. The molecule has 2 aliphatic rings. The first-order valence-electron chi connectivity index (χ1n) is 9.17. The lowest BCUT2D eigenvalue weighted by Gasteiger charge is -2.38. The van der Waals surface area contributed by atoms with E-state index in [0.717, 1.165) is 12.1 Å². The van der Waals surface area contributed by atoms with Crippen LogP contribution < -0.4 is 0 Å². The predicted molar refractivity (Wildman–Crippen MR) is 98.2 cm³/mol. The maximum absolute atomic E-state index is 13.0. The second kappa shape index (κ2) is 8.22. The summed E-state index contributed by atoms with van der Waals surface area (Å²) in [6, 6.07) is 4.85. The molecule has 0 saturated carbocycles. The van der Waals surface area contributed by atoms with E-state index in [1.165, 1.54) is 16.4 Å². The monoisotopic (exact) mass is 399 g/mol. The lowest BCUT2D eigenvalue weighted by molar-refractivity contribution is -0.144. The second-order valence-electron chi connectivity index (χ2n) is 7.19. The summed E-state index contributed by atoms with van der Waals surface area (Å²) in [5, 5.41) is 0. The van der Waals surface area contributed by atoms with Crippen LogP contribution in [-0.4, -0.2) is 86.5 Å². The number of benzene rings is 1. The Hall–Kier alpha value is -1.55. The summed E-state index contributed by atoms with van der Waals surface area (Å²) in [5.41, 5.74) is 0. The van der Waals surface area contributed by atoms with E-state index in [9.17, 15) is 17.6 Å². The van der Waals surface area contributed by atoms with Crippen molar-refractivity contribution in [2.45, 2.75) is 31.0 Å². The minimum absolute atomic E-state index is 0.0235. The predicted octanol–water partition coefficient (Wildman–Crippen LogP) is 0.768. The first-order valence-corrected chi connectivity index (χ1v) is 10.6. The fraction of sp³-hybridized carbons (Fsp3) is 0.611. The first-order chi connectivity index (χ1) is 12.8. The van der Waals surface area contributed by atoms with Crippen LogP contribution in [0, 0.1) is 5.82 Å². The number of nitrogens with zero attached hydrogens (tertiary/aromatic N) is 3. The van der Waals surface area contributed by atoms with Crippen LogP contribution in [0.5, 0.6) is 0 Å². The highest BCUT2D eigenvalue weighted by molar-refractivity contribution is 7.89. The zero-order valence-electron chi connectivity index (χ0n) is 15.7. The van der Waals surface area contributed by atoms with Gasteiger partial charge >= 0.3 is 0 Å². The lowest BCUT2D eigenvalue weighted by Crippen LogP contribution is -2.54. The number of halogens is 1. The number of sulfonamides is 1. The SMILES string of the molecule is C[C@H]1CN(C(=O)CN2CCN(S(=O)(=O)c3ccc(F)cc3)CC2)C[C@H](C)O1. The van der Waals surface area contributed by atoms with Gasteiger partial charge in [0.15, 0.2) is 0 Å². The molecule has 2 fully saturated rings. The van der Waals surface area contributed by atoms with E-state index in [1.807, 2.05) is 23.6 Å². The normalized spacial score (nSPS) is 25.5. The highest BCUT2D eigenvalue weighted by Crippen LogP contribution is 2.18. The van der Waals surface area contributed by atoms with Crippen LogP contribution in [0.4, 0.5) is 4.39 Å². The van der Waals surface area contributed by atoms with Gasteiger partial charge in [0.25, 0.3) is 0 Å². The summed E-state index contributed by atoms with van der Waals surface area (Å²) >= 11 is 0. The first kappa shape index (κ1) is 20.2. The van der Waals surface area contributed by atoms with Gasteiger partial charge in [-0.3, -0.25) is 9.69 Å². The lowest BCUT2D eigenvalue weighted by atomic mass is 10.2. The summed E-state index contributed by atoms with van der Waals surface area (Å²) in [4.78, 5) is 16.4. The number of piperazine rings is 1. The van der Waals surface area contributed by atoms with Crippen molar-refractivity contribution in [1.82, 2.24) is 14.1 Å². The van der Waals surface area contributed by atoms with Crippen molar-refractivity contribution < 1.29 is 22.3 Å². The van der Waals surface area contributed by atoms with Gasteiger partial charge in [0.1, 0.15) is 5.82 Å². The fourth-order valence-electron chi connectivity index (χ4n) is 3.56. The van der Waals surface area contributed by atoms with E-state index in [2.05, 4.69) is 0 Å². The van der Waals surface area contributed by atoms with Gasteiger partial charge in [-0.05, 0) is 38.1 Å². The third-order valence-electron chi connectivity index (χ3n) is 4.91. The summed E-state index contributed by atoms with van der Waals surface area (Å²) in [6.45, 7) is 6.95. The molecule has 27 heavy (non-hydrogen) atoms. The van der Waals surface area contributed by atoms with Gasteiger partial charge in [-0.2, -0.15) is 4.31 Å². The van der Waals surface area contributed by atoms with E-state index < -0.39 is 15.8 Å². The molecule has 2 heterocycles. The van der Waals surface area contributed by atoms with Crippen LogP contribution in [0.2, 0.25) is 0 Å². The van der Waals surface area contributed by atoms with Crippen LogP contribution in [0.15, 0.2) is 29.2 Å². The fourth-order valence-corrected chi connectivity index (χ4v) is 4.98. The number of hydrogen-bond donors (Lipinski definition) is 0. The van der Waals surface area contributed by atoms with E-state index in [4.69, 9.17) is 4.74 Å². The molecule has 0 unspecified atom stereocenters. The molecule has 7 nitrogen and oxygen atoms in total. The van der Waals surface area contributed by atoms with Crippen LogP contribution in [0.1, 0.15) is 13.8 Å². The number of carbonyl (C=O) groups is 1. The number of hydrogen-bond acceptors (Lipinski definition) is 5. The maximum atomic E-state index is 13.0. The molecule has 1 aromatic carbocycles. The molecule has 0 bridgehead atoms. The van der Waals surface area contributed by atoms with Gasteiger partial charge in [0.2, 0.25) is 15.9 Å². The Labute approximate surface area is 159 Å². The third-order valence-corrected chi connectivity index (χ3v) is 6.83. The number of morpholine rings is 1. The van der Waals surface area contributed by atoms with Gasteiger partial charge in [-0.25, -0.2) is 12.8 Å². The zero-order chi connectivity index (χ0) is 19.6. The Morgan fingerprint density at radius 3 is 2.19 bits per heavy atom. The van der Waals surface area contributed by atoms with E-state index in [-0.39, 0.29) is 29.6 Å². The van der Waals surface area contributed by atoms with Crippen molar-refractivity contribution in [1.29, 1.82) is 0 Å². The number of rotatable bonds is 4. The highest BCUT2D eigenvalue weighted by Gasteiger charge is 2.31. The molecular weight excluding hydrogens is 373 g/mol. The topological polar surface area (TPSA) is 70.2 Å². The Balaban J connectivity index is 1.54. The molecule has 0 aromatic heterocycles. The number of amides is 1. The molecular formula is C18H26FN3O4S. The molecule has 1 amide bonds. The van der Waals surface area contributed by atoms with Crippen LogP contribution in [0.3, 0.4) is 0 Å². The molecule has 0 N–H and O–H groups in total. The molecule has 2 saturated heterocycles. The molecule has 2 atom stereocenters. The van der Waals surface area contributed by atoms with E-state index in [1.54, 1.807) is 0 Å². The molecule has 2 aliphatic heterocycles. The quantitative estimate of drug-likeness (QED) is 0.748. The maximum Gasteiger partial charge on any atom is 0.243 e. The molecule has 1 aromatic rings. The van der Waals surface area contributed by atoms with Crippen LogP contribution >= 0.6 is 0 Å². The highest BCUT2D eigenvalue weighted by atomic mass is 32.2. The summed E-state index contributed by atoms with van der Waals surface area (Å²) in [5.74, 6) is -0.420. The molecule has 3 rings (SSSR count). The van der Waals surface area contributed by atoms with Crippen molar-refractivity contribution in [2.24, 2.45) is 0 Å². The second-order valence-corrected chi connectivity index (χ2v) is 9.13. The molecule has 9 heteroatoms. The Bertz CT molecular complexity index is 753. The van der Waals surface area contributed by atoms with Gasteiger partial charge in [0, 0.05) is 39.3 Å². The van der Waals surface area contributed by atoms with Crippen molar-refractivity contribution in [3.05, 3.63) is 30.1 Å². The largest absolute Gasteiger partial charge is 0.372 e. The van der Waals surface area contributed by atoms with Crippen molar-refractivity contribution in [3.8, 4) is 0 Å². The molecule has 150 valence electrons. The summed E-state index contributed by atoms with van der Waals surface area (Å²) in [6.07, 6.45) is 0.0470. The van der Waals surface area contributed by atoms with E-state index >= 15 is 0 Å². The smallest absolute Gasteiger partial charge is 0.243 e. The van der Waals surface area contributed by atoms with Gasteiger partial charge in [-0.15, -0.1) is 0 Å². The van der Waals surface area contributed by atoms with Crippen LogP contribution in [-0.2, 0) is 19.6 Å². The van der Waals surface area contributed by atoms with E-state index in [0.29, 0.717) is 39.3 Å². The molecule has 0 radical (unpaired) electrons. The summed E-state index contributed by atoms with van der Waals surface area (Å²) in [7, 11) is -3.64. The zero-order valence-corrected chi connectivity index (χ0v) is 16.5. The Kier molecular flexibility index (Phi) is 6.15. The third kappa shape index (κ3) is 4.84. The Morgan fingerprint density at radius 1 is 1.07 bits per heavy atom. The number of ether oxygens (including phenoxy) is 1. The van der Waals surface area contributed by atoms with Crippen molar-refractivity contribution >= 4 is 15.9 Å². The Morgan fingerprint density at radius 2 is 1.63 bits per heavy atom. The van der Waals surface area contributed by atoms with Crippen molar-refractivity contribution in [3.63, 3.8) is 0 Å². The number of carbonyl (C=O) groups excluding carboxylic acids is 1. The average Bonchev–Trinajstić information content (AvgIpc) is 2.61. The van der Waals surface area contributed by atoms with Gasteiger partial charge < -0.3 is 9.64 Å². The minimum atomic E-state index is -3.64. The van der Waals surface area contributed by atoms with Gasteiger partial charge in [-0.1, -0.05) is 0 Å². The molecule has 0 aliphatic carbocycles. The van der Waals surface area contributed by atoms with Crippen LogP contribution in [0.25, 0.3) is 0 Å². The van der Waals surface area contributed by atoms with Gasteiger partial charge in [0.05, 0.1) is 23.6 Å². The average molecular weight is 399 g/mol. The standard InChI is InChI=1S/C18H26FN3O4S/c1-14-11-21(12-15(2)26-14)18(23)13-20-7-9-22(10-8-20)27(24,25)17-5-3-16(19)4-6-17/h3-6,14-15H,7-13H2,1-2H3/t14-,15-/m0/s1. The van der Waals surface area contributed by atoms with Crippen molar-refractivity contribution in [2.75, 3.05) is 45.8 Å².